The Labute approximate surface area is 127 Å². The minimum Gasteiger partial charge on any atom is -0.468 e. The van der Waals surface area contributed by atoms with Crippen LogP contribution >= 0.6 is 0 Å². The Morgan fingerprint density at radius 3 is 2.64 bits per heavy atom. The summed E-state index contributed by atoms with van der Waals surface area (Å²) in [5.41, 5.74) is 2.80. The van der Waals surface area contributed by atoms with E-state index in [1.807, 2.05) is 36.4 Å². The van der Waals surface area contributed by atoms with Crippen molar-refractivity contribution < 1.29 is 13.9 Å². The molecule has 0 N–H and O–H groups in total. The molecule has 112 valence electrons. The highest BCUT2D eigenvalue weighted by atomic mass is 19.1. The normalized spacial score (nSPS) is 10.8. The molecule has 0 saturated carbocycles. The zero-order valence-electron chi connectivity index (χ0n) is 12.1. The van der Waals surface area contributed by atoms with E-state index in [0.717, 1.165) is 16.6 Å². The van der Waals surface area contributed by atoms with Crippen molar-refractivity contribution in [2.45, 2.75) is 13.2 Å². The van der Waals surface area contributed by atoms with Gasteiger partial charge in [-0.15, -0.1) is 0 Å². The van der Waals surface area contributed by atoms with Crippen molar-refractivity contribution in [1.82, 2.24) is 9.78 Å². The third-order valence-corrected chi connectivity index (χ3v) is 3.55. The quantitative estimate of drug-likeness (QED) is 0.694. The highest BCUT2D eigenvalue weighted by molar-refractivity contribution is 5.95. The largest absolute Gasteiger partial charge is 0.468 e. The fourth-order valence-corrected chi connectivity index (χ4v) is 2.53. The summed E-state index contributed by atoms with van der Waals surface area (Å²) in [4.78, 5) is 11.6. The van der Waals surface area contributed by atoms with Crippen molar-refractivity contribution in [3.05, 3.63) is 54.1 Å². The molecule has 2 aromatic carbocycles. The van der Waals surface area contributed by atoms with Gasteiger partial charge in [-0.25, -0.2) is 4.39 Å². The zero-order valence-corrected chi connectivity index (χ0v) is 12.1. The van der Waals surface area contributed by atoms with Gasteiger partial charge in [0.05, 0.1) is 12.6 Å². The smallest absolute Gasteiger partial charge is 0.327 e. The van der Waals surface area contributed by atoms with E-state index in [-0.39, 0.29) is 6.54 Å². The number of rotatable bonds is 4. The summed E-state index contributed by atoms with van der Waals surface area (Å²) in [7, 11) is 1.32. The maximum Gasteiger partial charge on any atom is 0.327 e. The molecule has 0 atom stereocenters. The Morgan fingerprint density at radius 1 is 1.18 bits per heavy atom. The lowest BCUT2D eigenvalue weighted by molar-refractivity contribution is -0.141. The molecule has 0 aliphatic rings. The van der Waals surface area contributed by atoms with Gasteiger partial charge in [-0.05, 0) is 0 Å². The number of nitrogens with zero attached hydrogens (tertiary/aromatic N) is 2. The van der Waals surface area contributed by atoms with E-state index in [2.05, 4.69) is 5.10 Å². The summed E-state index contributed by atoms with van der Waals surface area (Å²) in [6.45, 7) is -0.657. The van der Waals surface area contributed by atoms with Crippen LogP contribution in [0.1, 0.15) is 5.56 Å². The molecule has 4 nitrogen and oxygen atoms in total. The number of aromatic nitrogens is 2. The van der Waals surface area contributed by atoms with Crippen molar-refractivity contribution >= 4 is 16.9 Å². The van der Waals surface area contributed by atoms with Crippen molar-refractivity contribution in [2.75, 3.05) is 7.11 Å². The Kier molecular flexibility index (Phi) is 3.87. The molecule has 22 heavy (non-hydrogen) atoms. The van der Waals surface area contributed by atoms with Crippen LogP contribution in [-0.4, -0.2) is 22.9 Å². The maximum absolute atomic E-state index is 13.3. The number of halogens is 1. The maximum atomic E-state index is 13.3. The molecule has 0 amide bonds. The predicted octanol–water partition coefficient (Wildman–Crippen LogP) is 3.35. The summed E-state index contributed by atoms with van der Waals surface area (Å²) in [6.07, 6.45) is 0. The lowest BCUT2D eigenvalue weighted by atomic mass is 10.1. The summed E-state index contributed by atoms with van der Waals surface area (Å²) >= 11 is 0. The van der Waals surface area contributed by atoms with Crippen molar-refractivity contribution in [3.8, 4) is 11.3 Å². The fourth-order valence-electron chi connectivity index (χ4n) is 2.53. The second kappa shape index (κ2) is 5.97. The average molecular weight is 298 g/mol. The third-order valence-electron chi connectivity index (χ3n) is 3.55. The average Bonchev–Trinajstić information content (AvgIpc) is 2.94. The standard InChI is InChI=1S/C17H15FN2O2/c1-22-15(21)11-20-17-13(10-18)8-5-9-14(17)16(19-20)12-6-3-2-4-7-12/h2-9H,10-11H2,1H3. The Hall–Kier alpha value is -2.69. The van der Waals surface area contributed by atoms with Crippen LogP contribution in [0.5, 0.6) is 0 Å². The molecular weight excluding hydrogens is 283 g/mol. The number of benzene rings is 2. The van der Waals surface area contributed by atoms with Gasteiger partial charge >= 0.3 is 5.97 Å². The summed E-state index contributed by atoms with van der Waals surface area (Å²) < 4.78 is 19.5. The zero-order chi connectivity index (χ0) is 15.5. The van der Waals surface area contributed by atoms with Crippen LogP contribution < -0.4 is 0 Å². The van der Waals surface area contributed by atoms with Gasteiger partial charge in [0.2, 0.25) is 0 Å². The van der Waals surface area contributed by atoms with Crippen molar-refractivity contribution in [3.63, 3.8) is 0 Å². The third kappa shape index (κ3) is 2.45. The topological polar surface area (TPSA) is 44.1 Å². The molecular formula is C17H15FN2O2. The highest BCUT2D eigenvalue weighted by Gasteiger charge is 2.17. The van der Waals surface area contributed by atoms with Gasteiger partial charge in [0.15, 0.2) is 0 Å². The number of carbonyl (C=O) groups is 1. The predicted molar refractivity (Wildman–Crippen MR) is 82.0 cm³/mol. The number of para-hydroxylation sites is 1. The summed E-state index contributed by atoms with van der Waals surface area (Å²) in [5.74, 6) is -0.419. The van der Waals surface area contributed by atoms with E-state index in [0.29, 0.717) is 11.1 Å². The van der Waals surface area contributed by atoms with Crippen LogP contribution in [0.3, 0.4) is 0 Å². The number of carbonyl (C=O) groups excluding carboxylic acids is 1. The molecule has 0 spiro atoms. The Balaban J connectivity index is 2.24. The van der Waals surface area contributed by atoms with Gasteiger partial charge in [-0.1, -0.05) is 48.5 Å². The number of fused-ring (bicyclic) bond motifs is 1. The lowest BCUT2D eigenvalue weighted by Crippen LogP contribution is -2.13. The fraction of sp³-hybridized carbons (Fsp3) is 0.176. The highest BCUT2D eigenvalue weighted by Crippen LogP contribution is 2.30. The van der Waals surface area contributed by atoms with E-state index in [1.54, 1.807) is 12.1 Å². The molecule has 0 bridgehead atoms. The van der Waals surface area contributed by atoms with Crippen molar-refractivity contribution in [1.29, 1.82) is 0 Å². The number of ether oxygens (including phenoxy) is 1. The van der Waals surface area contributed by atoms with E-state index >= 15 is 0 Å². The van der Waals surface area contributed by atoms with Gasteiger partial charge in [0.25, 0.3) is 0 Å². The van der Waals surface area contributed by atoms with Gasteiger partial charge in [-0.3, -0.25) is 9.48 Å². The minimum absolute atomic E-state index is 0.0448. The van der Waals surface area contributed by atoms with Crippen LogP contribution in [0.15, 0.2) is 48.5 Å². The van der Waals surface area contributed by atoms with Crippen LogP contribution in [0.2, 0.25) is 0 Å². The molecule has 1 heterocycles. The van der Waals surface area contributed by atoms with Crippen LogP contribution in [0.25, 0.3) is 22.2 Å². The second-order valence-corrected chi connectivity index (χ2v) is 4.90. The molecule has 5 heteroatoms. The SMILES string of the molecule is COC(=O)Cn1nc(-c2ccccc2)c2cccc(CF)c21. The molecule has 0 aliphatic carbocycles. The van der Waals surface area contributed by atoms with Gasteiger partial charge < -0.3 is 4.74 Å². The van der Waals surface area contributed by atoms with Crippen LogP contribution in [0.4, 0.5) is 4.39 Å². The van der Waals surface area contributed by atoms with Crippen LogP contribution in [0, 0.1) is 0 Å². The first-order chi connectivity index (χ1) is 10.7. The molecule has 0 radical (unpaired) electrons. The van der Waals surface area contributed by atoms with Crippen molar-refractivity contribution in [2.24, 2.45) is 0 Å². The number of esters is 1. The molecule has 3 aromatic rings. The molecule has 1 aromatic heterocycles. The molecule has 0 unspecified atom stereocenters. The number of hydrogen-bond donors (Lipinski definition) is 0. The minimum atomic E-state index is -0.613. The number of methoxy groups -OCH3 is 1. The second-order valence-electron chi connectivity index (χ2n) is 4.90. The van der Waals surface area contributed by atoms with E-state index < -0.39 is 12.6 Å². The monoisotopic (exact) mass is 298 g/mol. The Bertz CT molecular complexity index is 812. The first kappa shape index (κ1) is 14.3. The molecule has 0 fully saturated rings. The van der Waals surface area contributed by atoms with Gasteiger partial charge in [0.1, 0.15) is 18.9 Å². The number of hydrogen-bond acceptors (Lipinski definition) is 3. The Morgan fingerprint density at radius 2 is 1.95 bits per heavy atom. The first-order valence-corrected chi connectivity index (χ1v) is 6.91. The number of alkyl halides is 1. The summed E-state index contributed by atoms with van der Waals surface area (Å²) in [6, 6.07) is 15.0. The van der Waals surface area contributed by atoms with Gasteiger partial charge in [-0.2, -0.15) is 5.10 Å². The van der Waals surface area contributed by atoms with Gasteiger partial charge in [0, 0.05) is 16.5 Å². The molecule has 0 saturated heterocycles. The molecule has 3 rings (SSSR count). The van der Waals surface area contributed by atoms with Crippen LogP contribution in [-0.2, 0) is 22.8 Å². The first-order valence-electron chi connectivity index (χ1n) is 6.91. The van der Waals surface area contributed by atoms with E-state index in [1.165, 1.54) is 11.8 Å². The molecule has 0 aliphatic heterocycles. The van der Waals surface area contributed by atoms with E-state index in [4.69, 9.17) is 4.74 Å². The van der Waals surface area contributed by atoms with E-state index in [9.17, 15) is 9.18 Å². The lowest BCUT2D eigenvalue weighted by Gasteiger charge is -2.04. The summed E-state index contributed by atoms with van der Waals surface area (Å²) in [5, 5.41) is 5.33.